The summed E-state index contributed by atoms with van der Waals surface area (Å²) in [5.41, 5.74) is 6.59. The van der Waals surface area contributed by atoms with Gasteiger partial charge in [-0.3, -0.25) is 4.90 Å². The maximum Gasteiger partial charge on any atom is 0.0328 e. The Morgan fingerprint density at radius 3 is 2.70 bits per heavy atom. The van der Waals surface area contributed by atoms with Crippen molar-refractivity contribution in [3.63, 3.8) is 0 Å². The third kappa shape index (κ3) is 2.95. The molecule has 2 nitrogen and oxygen atoms in total. The van der Waals surface area contributed by atoms with Gasteiger partial charge in [0.2, 0.25) is 0 Å². The highest BCUT2D eigenvalue weighted by atomic mass is 32.1. The van der Waals surface area contributed by atoms with E-state index in [0.29, 0.717) is 6.04 Å². The van der Waals surface area contributed by atoms with E-state index in [2.05, 4.69) is 37.8 Å². The fraction of sp³-hybridized carbons (Fsp3) is 0.765. The molecule has 3 unspecified atom stereocenters. The van der Waals surface area contributed by atoms with Crippen molar-refractivity contribution < 1.29 is 0 Å². The van der Waals surface area contributed by atoms with Gasteiger partial charge in [-0.25, -0.2) is 0 Å². The molecule has 1 saturated carbocycles. The van der Waals surface area contributed by atoms with Crippen LogP contribution in [0.15, 0.2) is 12.1 Å². The molecular formula is C17H28N2S. The minimum atomic E-state index is 0.282. The summed E-state index contributed by atoms with van der Waals surface area (Å²) >= 11 is 1.99. The first kappa shape index (κ1) is 14.6. The van der Waals surface area contributed by atoms with Crippen LogP contribution < -0.4 is 5.73 Å². The van der Waals surface area contributed by atoms with E-state index in [9.17, 15) is 0 Å². The van der Waals surface area contributed by atoms with Gasteiger partial charge in [0.25, 0.3) is 0 Å². The molecule has 0 radical (unpaired) electrons. The zero-order valence-electron chi connectivity index (χ0n) is 13.1. The lowest BCUT2D eigenvalue weighted by Gasteiger charge is -2.29. The number of fused-ring (bicyclic) bond motifs is 1. The first-order chi connectivity index (χ1) is 9.43. The number of thiophene rings is 1. The van der Waals surface area contributed by atoms with Gasteiger partial charge in [-0.2, -0.15) is 0 Å². The van der Waals surface area contributed by atoms with E-state index in [0.717, 1.165) is 18.4 Å². The van der Waals surface area contributed by atoms with Gasteiger partial charge in [0.15, 0.2) is 0 Å². The van der Waals surface area contributed by atoms with E-state index in [1.165, 1.54) is 42.1 Å². The zero-order valence-corrected chi connectivity index (χ0v) is 13.9. The Labute approximate surface area is 127 Å². The summed E-state index contributed by atoms with van der Waals surface area (Å²) in [7, 11) is 0. The maximum absolute atomic E-state index is 6.31. The van der Waals surface area contributed by atoms with Crippen molar-refractivity contribution in [1.82, 2.24) is 4.90 Å². The number of nitrogens with zero attached hydrogens (tertiary/aromatic N) is 1. The van der Waals surface area contributed by atoms with Gasteiger partial charge in [-0.15, -0.1) is 11.3 Å². The van der Waals surface area contributed by atoms with Gasteiger partial charge in [-0.05, 0) is 42.2 Å². The minimum Gasteiger partial charge on any atom is -0.327 e. The van der Waals surface area contributed by atoms with Gasteiger partial charge in [-0.1, -0.05) is 27.2 Å². The summed E-state index contributed by atoms with van der Waals surface area (Å²) in [6.45, 7) is 10.5. The molecule has 20 heavy (non-hydrogen) atoms. The highest BCUT2D eigenvalue weighted by Gasteiger charge is 2.38. The first-order valence-corrected chi connectivity index (χ1v) is 8.82. The Morgan fingerprint density at radius 1 is 1.25 bits per heavy atom. The first-order valence-electron chi connectivity index (χ1n) is 8.00. The molecule has 1 aliphatic heterocycles. The van der Waals surface area contributed by atoms with Crippen LogP contribution in [0.3, 0.4) is 0 Å². The highest BCUT2D eigenvalue weighted by molar-refractivity contribution is 7.12. The molecule has 0 amide bonds. The molecule has 112 valence electrons. The van der Waals surface area contributed by atoms with Crippen LogP contribution in [0.2, 0.25) is 0 Å². The number of hydrogen-bond acceptors (Lipinski definition) is 3. The quantitative estimate of drug-likeness (QED) is 0.902. The van der Waals surface area contributed by atoms with Crippen LogP contribution >= 0.6 is 11.3 Å². The summed E-state index contributed by atoms with van der Waals surface area (Å²) in [6.07, 6.45) is 3.97. The molecule has 3 rings (SSSR count). The third-order valence-corrected chi connectivity index (χ3v) is 6.51. The Balaban J connectivity index is 1.63. The molecule has 3 heteroatoms. The van der Waals surface area contributed by atoms with Crippen LogP contribution in [-0.4, -0.2) is 24.0 Å². The average Bonchev–Trinajstić information content (AvgIpc) is 2.96. The van der Waals surface area contributed by atoms with Crippen molar-refractivity contribution >= 4 is 11.3 Å². The molecule has 0 spiro atoms. The average molecular weight is 292 g/mol. The number of rotatable bonds is 2. The molecule has 1 aromatic heterocycles. The molecular weight excluding hydrogens is 264 g/mol. The summed E-state index contributed by atoms with van der Waals surface area (Å²) in [5, 5.41) is 0. The van der Waals surface area contributed by atoms with Crippen molar-refractivity contribution in [2.75, 3.05) is 13.1 Å². The minimum absolute atomic E-state index is 0.282. The van der Waals surface area contributed by atoms with Crippen molar-refractivity contribution in [3.8, 4) is 0 Å². The smallest absolute Gasteiger partial charge is 0.0328 e. The summed E-state index contributed by atoms with van der Waals surface area (Å²) in [5.74, 6) is 1.62. The topological polar surface area (TPSA) is 29.3 Å². The molecule has 0 bridgehead atoms. The number of nitrogens with two attached hydrogens (primary N) is 1. The molecule has 1 aliphatic carbocycles. The van der Waals surface area contributed by atoms with Crippen LogP contribution in [0.25, 0.3) is 0 Å². The second kappa shape index (κ2) is 5.43. The molecule has 2 aliphatic rings. The summed E-state index contributed by atoms with van der Waals surface area (Å²) in [6, 6.07) is 5.09. The predicted molar refractivity (Wildman–Crippen MR) is 87.1 cm³/mol. The zero-order chi connectivity index (χ0) is 14.3. The van der Waals surface area contributed by atoms with Crippen LogP contribution in [0.1, 0.15) is 49.8 Å². The Bertz CT molecular complexity index is 460. The second-order valence-corrected chi connectivity index (χ2v) is 8.90. The molecule has 3 atom stereocenters. The van der Waals surface area contributed by atoms with Crippen molar-refractivity contribution in [2.45, 2.75) is 58.0 Å². The van der Waals surface area contributed by atoms with Crippen LogP contribution in [0, 0.1) is 11.8 Å². The third-order valence-electron chi connectivity index (χ3n) is 5.01. The van der Waals surface area contributed by atoms with E-state index in [1.807, 2.05) is 11.3 Å². The van der Waals surface area contributed by atoms with Crippen LogP contribution in [0.5, 0.6) is 0 Å². The van der Waals surface area contributed by atoms with Gasteiger partial charge in [0, 0.05) is 35.4 Å². The number of likely N-dealkylation sites (tertiary alicyclic amines) is 1. The van der Waals surface area contributed by atoms with Crippen molar-refractivity contribution in [2.24, 2.45) is 17.6 Å². The summed E-state index contributed by atoms with van der Waals surface area (Å²) in [4.78, 5) is 5.65. The molecule has 1 aromatic rings. The molecule has 1 saturated heterocycles. The van der Waals surface area contributed by atoms with E-state index >= 15 is 0 Å². The van der Waals surface area contributed by atoms with Gasteiger partial charge < -0.3 is 5.73 Å². The predicted octanol–water partition coefficient (Wildman–Crippen LogP) is 3.60. The molecule has 2 heterocycles. The maximum atomic E-state index is 6.31. The Hall–Kier alpha value is -0.380. The fourth-order valence-corrected chi connectivity index (χ4v) is 4.93. The van der Waals surface area contributed by atoms with Crippen LogP contribution in [0.4, 0.5) is 0 Å². The molecule has 2 N–H and O–H groups in total. The van der Waals surface area contributed by atoms with Crippen molar-refractivity contribution in [3.05, 3.63) is 21.9 Å². The molecule has 2 fully saturated rings. The lowest BCUT2D eigenvalue weighted by molar-refractivity contribution is 0.259. The normalized spacial score (nSPS) is 31.5. The Morgan fingerprint density at radius 2 is 2.05 bits per heavy atom. The highest BCUT2D eigenvalue weighted by Crippen LogP contribution is 2.37. The Kier molecular flexibility index (Phi) is 3.95. The van der Waals surface area contributed by atoms with Gasteiger partial charge in [0.1, 0.15) is 0 Å². The lowest BCUT2D eigenvalue weighted by atomic mass is 9.78. The standard InChI is InChI=1S/C17H28N2S/c1-17(2,3)16-8-7-13(20-16)10-19-9-12-5-4-6-15(18)14(12)11-19/h7-8,12,14-15H,4-6,9-11,18H2,1-3H3. The summed E-state index contributed by atoms with van der Waals surface area (Å²) < 4.78 is 0. The molecule has 0 aromatic carbocycles. The number of hydrogen-bond donors (Lipinski definition) is 1. The fourth-order valence-electron chi connectivity index (χ4n) is 3.82. The second-order valence-electron chi connectivity index (χ2n) is 7.73. The van der Waals surface area contributed by atoms with E-state index in [-0.39, 0.29) is 5.41 Å². The monoisotopic (exact) mass is 292 g/mol. The van der Waals surface area contributed by atoms with Crippen LogP contribution in [-0.2, 0) is 12.0 Å². The van der Waals surface area contributed by atoms with E-state index < -0.39 is 0 Å². The van der Waals surface area contributed by atoms with Crippen molar-refractivity contribution in [1.29, 1.82) is 0 Å². The van der Waals surface area contributed by atoms with E-state index in [4.69, 9.17) is 5.73 Å². The lowest BCUT2D eigenvalue weighted by Crippen LogP contribution is -2.38. The van der Waals surface area contributed by atoms with Gasteiger partial charge >= 0.3 is 0 Å². The van der Waals surface area contributed by atoms with Gasteiger partial charge in [0.05, 0.1) is 0 Å². The largest absolute Gasteiger partial charge is 0.327 e. The van der Waals surface area contributed by atoms with E-state index in [1.54, 1.807) is 0 Å². The SMILES string of the molecule is CC(C)(C)c1ccc(CN2CC3CCCC(N)C3C2)s1.